The van der Waals surface area contributed by atoms with Crippen molar-refractivity contribution < 1.29 is 23.4 Å². The molecule has 1 saturated carbocycles. The Bertz CT molecular complexity index is 304. The van der Waals surface area contributed by atoms with Gasteiger partial charge in [-0.1, -0.05) is 25.7 Å². The Morgan fingerprint density at radius 3 is 2.29 bits per heavy atom. The summed E-state index contributed by atoms with van der Waals surface area (Å²) in [6.07, 6.45) is 6.10. The third-order valence-electron chi connectivity index (χ3n) is 3.02. The monoisotopic (exact) mass is 284 g/mol. The summed E-state index contributed by atoms with van der Waals surface area (Å²) in [7, 11) is -5.79. The highest BCUT2D eigenvalue weighted by atomic mass is 31.2. The highest BCUT2D eigenvalue weighted by molar-refractivity contribution is 7.66. The Hall–Kier alpha value is 0.170. The van der Waals surface area contributed by atoms with Crippen LogP contribution in [-0.2, 0) is 13.7 Å². The zero-order valence-electron chi connectivity index (χ0n) is 9.91. The summed E-state index contributed by atoms with van der Waals surface area (Å²) in [5.74, 6) is 0. The molecule has 3 atom stereocenters. The third kappa shape index (κ3) is 4.74. The summed E-state index contributed by atoms with van der Waals surface area (Å²) in [5.41, 5.74) is -1.38. The molecule has 17 heavy (non-hydrogen) atoms. The maximum absolute atomic E-state index is 11.6. The van der Waals surface area contributed by atoms with Crippen molar-refractivity contribution in [1.82, 2.24) is 5.32 Å². The van der Waals surface area contributed by atoms with Crippen molar-refractivity contribution in [3.63, 3.8) is 0 Å². The van der Waals surface area contributed by atoms with Gasteiger partial charge in [0.1, 0.15) is 0 Å². The molecule has 1 aliphatic carbocycles. The van der Waals surface area contributed by atoms with Crippen LogP contribution in [0.4, 0.5) is 0 Å². The maximum atomic E-state index is 11.6. The molecule has 1 rings (SSSR count). The minimum Gasteiger partial charge on any atom is -0.320 e. The molecular weight excluding hydrogens is 264 g/mol. The number of rotatable bonds is 5. The standard InChI is InChI=1S/C9H19NO5P2/c1-15-17(13,14)9(16(11)12)10-8-6-4-2-3-5-7-8/h8-10H,2-7H2,1H3,(H-,11,12,13,14)/p+1. The van der Waals surface area contributed by atoms with Gasteiger partial charge in [-0.05, 0) is 17.4 Å². The van der Waals surface area contributed by atoms with E-state index in [9.17, 15) is 14.0 Å². The van der Waals surface area contributed by atoms with Crippen molar-refractivity contribution in [2.45, 2.75) is 50.1 Å². The van der Waals surface area contributed by atoms with Crippen LogP contribution in [0.2, 0.25) is 0 Å². The number of hydrogen-bond acceptors (Lipinski definition) is 4. The van der Waals surface area contributed by atoms with Crippen LogP contribution in [0.3, 0.4) is 0 Å². The Morgan fingerprint density at radius 1 is 1.35 bits per heavy atom. The Labute approximate surface area is 102 Å². The van der Waals surface area contributed by atoms with Gasteiger partial charge in [-0.25, -0.2) is 0 Å². The summed E-state index contributed by atoms with van der Waals surface area (Å²) >= 11 is 0. The van der Waals surface area contributed by atoms with Gasteiger partial charge in [0.2, 0.25) is 0 Å². The lowest BCUT2D eigenvalue weighted by Crippen LogP contribution is -2.36. The van der Waals surface area contributed by atoms with Gasteiger partial charge in [0.15, 0.2) is 0 Å². The van der Waals surface area contributed by atoms with Crippen LogP contribution in [0, 0.1) is 0 Å². The van der Waals surface area contributed by atoms with Crippen LogP contribution < -0.4 is 5.32 Å². The quantitative estimate of drug-likeness (QED) is 0.529. The Balaban J connectivity index is 2.66. The second-order valence-corrected chi connectivity index (χ2v) is 7.82. The molecular formula is C9H20NO5P2+. The molecule has 0 aliphatic heterocycles. The van der Waals surface area contributed by atoms with Gasteiger partial charge in [-0.3, -0.25) is 9.88 Å². The van der Waals surface area contributed by atoms with E-state index >= 15 is 0 Å². The molecule has 0 aromatic heterocycles. The molecule has 1 aliphatic rings. The molecule has 0 saturated heterocycles. The highest BCUT2D eigenvalue weighted by Crippen LogP contribution is 2.54. The third-order valence-corrected chi connectivity index (χ3v) is 6.35. The van der Waals surface area contributed by atoms with Crippen molar-refractivity contribution in [3.05, 3.63) is 0 Å². The van der Waals surface area contributed by atoms with Crippen molar-refractivity contribution in [3.8, 4) is 0 Å². The fourth-order valence-corrected chi connectivity index (χ4v) is 4.26. The Kier molecular flexibility index (Phi) is 6.21. The van der Waals surface area contributed by atoms with E-state index in [2.05, 4.69) is 9.84 Å². The van der Waals surface area contributed by atoms with Gasteiger partial charge in [-0.15, -0.1) is 0 Å². The molecule has 6 nitrogen and oxygen atoms in total. The minimum atomic E-state index is -4.07. The first-order valence-electron chi connectivity index (χ1n) is 5.77. The lowest BCUT2D eigenvalue weighted by Gasteiger charge is -2.19. The molecule has 100 valence electrons. The topological polar surface area (TPSA) is 95.9 Å². The summed E-state index contributed by atoms with van der Waals surface area (Å²) < 4.78 is 27.2. The van der Waals surface area contributed by atoms with Gasteiger partial charge in [0.25, 0.3) is 0 Å². The SMILES string of the molecule is COP(=O)(O)C(NC1CCCCCC1)[P+](=O)O. The fourth-order valence-electron chi connectivity index (χ4n) is 2.04. The molecule has 0 aromatic carbocycles. The van der Waals surface area contributed by atoms with Crippen molar-refractivity contribution in [2.24, 2.45) is 0 Å². The zero-order chi connectivity index (χ0) is 12.9. The largest absolute Gasteiger partial charge is 0.538 e. The predicted molar refractivity (Wildman–Crippen MR) is 65.1 cm³/mol. The predicted octanol–water partition coefficient (Wildman–Crippen LogP) is 2.15. The molecule has 0 aromatic rings. The molecule has 3 unspecified atom stereocenters. The lowest BCUT2D eigenvalue weighted by molar-refractivity contribution is 0.298. The highest BCUT2D eigenvalue weighted by Gasteiger charge is 2.48. The fraction of sp³-hybridized carbons (Fsp3) is 1.00. The van der Waals surface area contributed by atoms with Crippen LogP contribution in [-0.4, -0.2) is 28.5 Å². The van der Waals surface area contributed by atoms with E-state index in [1.54, 1.807) is 0 Å². The average molecular weight is 284 g/mol. The van der Waals surface area contributed by atoms with Crippen molar-refractivity contribution >= 4 is 15.6 Å². The van der Waals surface area contributed by atoms with Crippen LogP contribution in [0.25, 0.3) is 0 Å². The second kappa shape index (κ2) is 6.93. The van der Waals surface area contributed by atoms with E-state index in [-0.39, 0.29) is 6.04 Å². The summed E-state index contributed by atoms with van der Waals surface area (Å²) in [4.78, 5) is 18.6. The first-order valence-corrected chi connectivity index (χ1v) is 8.69. The first kappa shape index (κ1) is 15.2. The molecule has 0 spiro atoms. The van der Waals surface area contributed by atoms with Gasteiger partial charge in [-0.2, -0.15) is 4.89 Å². The molecule has 0 amide bonds. The van der Waals surface area contributed by atoms with Gasteiger partial charge < -0.3 is 9.42 Å². The van der Waals surface area contributed by atoms with E-state index in [0.717, 1.165) is 45.6 Å². The first-order chi connectivity index (χ1) is 7.97. The van der Waals surface area contributed by atoms with Gasteiger partial charge in [0, 0.05) is 13.2 Å². The zero-order valence-corrected chi connectivity index (χ0v) is 11.7. The molecule has 0 heterocycles. The smallest absolute Gasteiger partial charge is 0.320 e. The summed E-state index contributed by atoms with van der Waals surface area (Å²) in [6, 6.07) is 0.0178. The summed E-state index contributed by atoms with van der Waals surface area (Å²) in [5, 5.41) is 2.81. The summed E-state index contributed by atoms with van der Waals surface area (Å²) in [6.45, 7) is 0. The van der Waals surface area contributed by atoms with Crippen LogP contribution in [0.1, 0.15) is 38.5 Å². The second-order valence-electron chi connectivity index (χ2n) is 4.28. The van der Waals surface area contributed by atoms with E-state index in [0.29, 0.717) is 0 Å². The van der Waals surface area contributed by atoms with Crippen LogP contribution in [0.5, 0.6) is 0 Å². The van der Waals surface area contributed by atoms with Gasteiger partial charge >= 0.3 is 21.1 Å². The molecule has 3 N–H and O–H groups in total. The number of hydrogen-bond donors (Lipinski definition) is 3. The van der Waals surface area contributed by atoms with Crippen molar-refractivity contribution in [1.29, 1.82) is 0 Å². The molecule has 8 heteroatoms. The Morgan fingerprint density at radius 2 is 1.88 bits per heavy atom. The maximum Gasteiger partial charge on any atom is 0.538 e. The molecule has 0 bridgehead atoms. The van der Waals surface area contributed by atoms with Crippen LogP contribution in [0.15, 0.2) is 0 Å². The van der Waals surface area contributed by atoms with E-state index in [1.807, 2.05) is 0 Å². The molecule has 0 radical (unpaired) electrons. The van der Waals surface area contributed by atoms with E-state index in [4.69, 9.17) is 4.89 Å². The number of nitrogens with one attached hydrogen (secondary N) is 1. The lowest BCUT2D eigenvalue weighted by atomic mass is 10.1. The van der Waals surface area contributed by atoms with E-state index < -0.39 is 21.1 Å². The molecule has 1 fully saturated rings. The van der Waals surface area contributed by atoms with E-state index in [1.165, 1.54) is 0 Å². The van der Waals surface area contributed by atoms with Gasteiger partial charge in [0.05, 0.1) is 0 Å². The minimum absolute atomic E-state index is 0.0178. The van der Waals surface area contributed by atoms with Crippen molar-refractivity contribution in [2.75, 3.05) is 7.11 Å². The van der Waals surface area contributed by atoms with Crippen LogP contribution >= 0.6 is 15.6 Å². The normalized spacial score (nSPS) is 24.8. The average Bonchev–Trinajstić information content (AvgIpc) is 2.53.